The van der Waals surface area contributed by atoms with Gasteiger partial charge in [0.25, 0.3) is 0 Å². The van der Waals surface area contributed by atoms with Gasteiger partial charge in [0.05, 0.1) is 10.2 Å². The van der Waals surface area contributed by atoms with Crippen LogP contribution in [0.3, 0.4) is 0 Å². The van der Waals surface area contributed by atoms with Crippen molar-refractivity contribution in [3.63, 3.8) is 0 Å². The fourth-order valence-electron chi connectivity index (χ4n) is 6.55. The fraction of sp³-hybridized carbons (Fsp3) is 0.696. The van der Waals surface area contributed by atoms with Gasteiger partial charge in [-0.15, -0.1) is 0 Å². The van der Waals surface area contributed by atoms with E-state index in [4.69, 9.17) is 4.98 Å². The molecule has 1 saturated heterocycles. The number of piperidine rings is 1. The van der Waals surface area contributed by atoms with Crippen LogP contribution in [0.15, 0.2) is 12.1 Å². The Bertz CT molecular complexity index is 883. The molecular weight excluding hydrogens is 350 g/mol. The predicted octanol–water partition coefficient (Wildman–Crippen LogP) is 4.83. The van der Waals surface area contributed by atoms with Crippen molar-refractivity contribution >= 4 is 26.7 Å². The lowest BCUT2D eigenvalue weighted by Gasteiger charge is -2.59. The maximum absolute atomic E-state index is 4.96. The van der Waals surface area contributed by atoms with Crippen LogP contribution in [0.4, 0.5) is 5.13 Å². The predicted molar refractivity (Wildman–Crippen MR) is 114 cm³/mol. The maximum Gasteiger partial charge on any atom is 0.185 e. The molecule has 2 saturated carbocycles. The van der Waals surface area contributed by atoms with Crippen LogP contribution in [0.1, 0.15) is 56.1 Å². The second-order valence-electron chi connectivity index (χ2n) is 9.84. The van der Waals surface area contributed by atoms with E-state index in [1.165, 1.54) is 74.7 Å². The third-order valence-electron chi connectivity index (χ3n) is 8.02. The van der Waals surface area contributed by atoms with E-state index in [2.05, 4.69) is 36.0 Å². The van der Waals surface area contributed by atoms with Crippen molar-refractivity contribution in [1.29, 1.82) is 0 Å². The summed E-state index contributed by atoms with van der Waals surface area (Å²) in [5.74, 6) is 1.89. The highest BCUT2D eigenvalue weighted by Crippen LogP contribution is 2.56. The minimum absolute atomic E-state index is 0.451. The summed E-state index contributed by atoms with van der Waals surface area (Å²) in [6, 6.07) is 5.83. The molecule has 4 aliphatic rings. The highest BCUT2D eigenvalue weighted by atomic mass is 32.1. The summed E-state index contributed by atoms with van der Waals surface area (Å²) in [6.45, 7) is 2.70. The maximum atomic E-state index is 4.96. The van der Waals surface area contributed by atoms with Crippen molar-refractivity contribution in [3.05, 3.63) is 23.3 Å². The van der Waals surface area contributed by atoms with Crippen molar-refractivity contribution in [2.75, 3.05) is 32.1 Å². The van der Waals surface area contributed by atoms with Gasteiger partial charge in [-0.1, -0.05) is 24.2 Å². The zero-order chi connectivity index (χ0) is 18.2. The number of hydrogen-bond acceptors (Lipinski definition) is 4. The lowest BCUT2D eigenvalue weighted by atomic mass is 9.52. The molecule has 0 spiro atoms. The number of benzene rings is 1. The molecule has 6 rings (SSSR count). The average molecular weight is 382 g/mol. The summed E-state index contributed by atoms with van der Waals surface area (Å²) in [7, 11) is 4.21. The molecule has 144 valence electrons. The standard InChI is InChI=1S/C23H31N3S/c1-25(2)22-24-19-13-18-16(12-21(19)27-22)11-20-17-5-3-4-8-23(17,18)9-10-26(20)14-15-6-7-15/h12-13,15,17,20H,3-11,14H2,1-2H3/t17?,20-,23-/m1/s1. The van der Waals surface area contributed by atoms with Gasteiger partial charge in [-0.3, -0.25) is 4.90 Å². The van der Waals surface area contributed by atoms with E-state index < -0.39 is 0 Å². The number of hydrogen-bond donors (Lipinski definition) is 0. The summed E-state index contributed by atoms with van der Waals surface area (Å²) < 4.78 is 1.38. The van der Waals surface area contributed by atoms with Crippen LogP contribution in [-0.2, 0) is 11.8 Å². The van der Waals surface area contributed by atoms with Crippen molar-refractivity contribution in [2.45, 2.75) is 62.8 Å². The summed E-state index contributed by atoms with van der Waals surface area (Å²) in [4.78, 5) is 10.0. The van der Waals surface area contributed by atoms with Crippen molar-refractivity contribution < 1.29 is 0 Å². The van der Waals surface area contributed by atoms with Gasteiger partial charge in [-0.2, -0.15) is 0 Å². The van der Waals surface area contributed by atoms with Gasteiger partial charge in [-0.05, 0) is 80.2 Å². The van der Waals surface area contributed by atoms with Crippen LogP contribution in [0.2, 0.25) is 0 Å². The Balaban J connectivity index is 1.47. The zero-order valence-electron chi connectivity index (χ0n) is 16.7. The molecular formula is C23H31N3S. The van der Waals surface area contributed by atoms with Crippen molar-refractivity contribution in [3.8, 4) is 0 Å². The Labute approximate surface area is 166 Å². The Morgan fingerprint density at radius 1 is 1.19 bits per heavy atom. The van der Waals surface area contributed by atoms with Gasteiger partial charge in [0.1, 0.15) is 0 Å². The van der Waals surface area contributed by atoms with Gasteiger partial charge in [0.2, 0.25) is 0 Å². The molecule has 1 aromatic carbocycles. The van der Waals surface area contributed by atoms with E-state index in [0.717, 1.165) is 23.0 Å². The molecule has 1 unspecified atom stereocenters. The normalized spacial score (nSPS) is 33.0. The van der Waals surface area contributed by atoms with Crippen LogP contribution >= 0.6 is 11.3 Å². The summed E-state index contributed by atoms with van der Waals surface area (Å²) in [5.41, 5.74) is 5.03. The molecule has 3 aliphatic carbocycles. The molecule has 0 N–H and O–H groups in total. The lowest BCUT2D eigenvalue weighted by molar-refractivity contribution is -0.0132. The van der Waals surface area contributed by atoms with Crippen molar-refractivity contribution in [2.24, 2.45) is 11.8 Å². The third kappa shape index (κ3) is 2.52. The first kappa shape index (κ1) is 16.8. The highest BCUT2D eigenvalue weighted by Gasteiger charge is 2.54. The van der Waals surface area contributed by atoms with Gasteiger partial charge in [-0.25, -0.2) is 4.98 Å². The second kappa shape index (κ2) is 5.93. The van der Waals surface area contributed by atoms with Crippen molar-refractivity contribution in [1.82, 2.24) is 9.88 Å². The molecule has 3 nitrogen and oxygen atoms in total. The number of anilines is 1. The number of fused-ring (bicyclic) bond motifs is 2. The molecule has 2 heterocycles. The average Bonchev–Trinajstić information content (AvgIpc) is 3.38. The third-order valence-corrected chi connectivity index (χ3v) is 9.20. The number of aromatic nitrogens is 1. The van der Waals surface area contributed by atoms with Crippen LogP contribution in [0, 0.1) is 11.8 Å². The summed E-state index contributed by atoms with van der Waals surface area (Å²) >= 11 is 1.86. The number of thiazole rings is 1. The molecule has 4 heteroatoms. The Kier molecular flexibility index (Phi) is 3.69. The smallest absolute Gasteiger partial charge is 0.185 e. The van der Waals surface area contributed by atoms with Crippen LogP contribution in [0.5, 0.6) is 0 Å². The number of likely N-dealkylation sites (tertiary alicyclic amines) is 1. The zero-order valence-corrected chi connectivity index (χ0v) is 17.5. The Morgan fingerprint density at radius 3 is 2.89 bits per heavy atom. The minimum atomic E-state index is 0.451. The van der Waals surface area contributed by atoms with Gasteiger partial charge in [0, 0.05) is 32.1 Å². The molecule has 0 amide bonds. The van der Waals surface area contributed by atoms with E-state index in [-0.39, 0.29) is 0 Å². The molecule has 3 atom stereocenters. The Hall–Kier alpha value is -1.13. The molecule has 2 aromatic rings. The molecule has 0 radical (unpaired) electrons. The van der Waals surface area contributed by atoms with Crippen LogP contribution in [0.25, 0.3) is 10.2 Å². The SMILES string of the molecule is CN(C)c1nc2cc3c(cc2s1)C[C@@H]1C2CCCC[C@]32CCN1CC1CC1. The summed E-state index contributed by atoms with van der Waals surface area (Å²) in [6.07, 6.45) is 11.3. The molecule has 2 bridgehead atoms. The lowest BCUT2D eigenvalue weighted by Crippen LogP contribution is -2.61. The van der Waals surface area contributed by atoms with E-state index >= 15 is 0 Å². The van der Waals surface area contributed by atoms with E-state index in [9.17, 15) is 0 Å². The van der Waals surface area contributed by atoms with Crippen LogP contribution in [-0.4, -0.2) is 43.1 Å². The topological polar surface area (TPSA) is 19.4 Å². The molecule has 1 aromatic heterocycles. The Morgan fingerprint density at radius 2 is 2.07 bits per heavy atom. The first-order valence-corrected chi connectivity index (χ1v) is 11.8. The fourth-order valence-corrected chi connectivity index (χ4v) is 7.49. The van der Waals surface area contributed by atoms with E-state index in [0.29, 0.717) is 5.41 Å². The number of nitrogens with zero attached hydrogens (tertiary/aromatic N) is 3. The largest absolute Gasteiger partial charge is 0.354 e. The monoisotopic (exact) mass is 381 g/mol. The van der Waals surface area contributed by atoms with Gasteiger partial charge in [0.15, 0.2) is 5.13 Å². The molecule has 3 fully saturated rings. The van der Waals surface area contributed by atoms with Gasteiger partial charge < -0.3 is 4.90 Å². The van der Waals surface area contributed by atoms with Gasteiger partial charge >= 0.3 is 0 Å². The van der Waals surface area contributed by atoms with E-state index in [1.807, 2.05) is 11.3 Å². The first-order chi connectivity index (χ1) is 13.1. The highest BCUT2D eigenvalue weighted by molar-refractivity contribution is 7.22. The molecule has 1 aliphatic heterocycles. The minimum Gasteiger partial charge on any atom is -0.354 e. The first-order valence-electron chi connectivity index (χ1n) is 11.0. The second-order valence-corrected chi connectivity index (χ2v) is 10.8. The summed E-state index contributed by atoms with van der Waals surface area (Å²) in [5, 5.41) is 1.14. The van der Waals surface area contributed by atoms with E-state index in [1.54, 1.807) is 11.1 Å². The quantitative estimate of drug-likeness (QED) is 0.759. The number of rotatable bonds is 3. The van der Waals surface area contributed by atoms with Crippen LogP contribution < -0.4 is 4.90 Å². The molecule has 27 heavy (non-hydrogen) atoms.